The van der Waals surface area contributed by atoms with Gasteiger partial charge in [-0.3, -0.25) is 19.6 Å². The molecule has 5 heterocycles. The maximum Gasteiger partial charge on any atom is 0.345 e. The molecule has 6 rings (SSSR count). The Balaban J connectivity index is 0.000000267. The van der Waals surface area contributed by atoms with Crippen LogP contribution >= 0.6 is 0 Å². The van der Waals surface area contributed by atoms with Gasteiger partial charge in [0, 0.05) is 96.2 Å². The van der Waals surface area contributed by atoms with Gasteiger partial charge in [0.2, 0.25) is 11.9 Å². The molecule has 400 valence electrons. The maximum absolute atomic E-state index is 13.6. The fourth-order valence-electron chi connectivity index (χ4n) is 12.5. The minimum Gasteiger partial charge on any atom is -0.497 e. The van der Waals surface area contributed by atoms with Crippen LogP contribution in [0.5, 0.6) is 5.75 Å². The van der Waals surface area contributed by atoms with Crippen LogP contribution in [0.2, 0.25) is 0 Å². The minimum absolute atomic E-state index is 0.0840. The minimum atomic E-state index is -0.640. The molecule has 4 aliphatic heterocycles. The van der Waals surface area contributed by atoms with Crippen LogP contribution in [0.1, 0.15) is 174 Å². The van der Waals surface area contributed by atoms with E-state index in [0.717, 1.165) is 43.4 Å². The molecular formula is C57H97N9O5. The van der Waals surface area contributed by atoms with Crippen LogP contribution in [-0.4, -0.2) is 164 Å². The Labute approximate surface area is 430 Å². The summed E-state index contributed by atoms with van der Waals surface area (Å²) in [5.74, 6) is 1.78. The predicted octanol–water partition coefficient (Wildman–Crippen LogP) is 9.82. The Kier molecular flexibility index (Phi) is 16.7. The van der Waals surface area contributed by atoms with E-state index in [1.165, 1.54) is 0 Å². The number of rotatable bonds is 10. The summed E-state index contributed by atoms with van der Waals surface area (Å²) in [6, 6.07) is 7.97. The van der Waals surface area contributed by atoms with Crippen molar-refractivity contribution in [2.45, 2.75) is 238 Å². The Hall–Kier alpha value is -3.85. The summed E-state index contributed by atoms with van der Waals surface area (Å²) in [6.45, 7) is 38.0. The van der Waals surface area contributed by atoms with Gasteiger partial charge < -0.3 is 24.0 Å². The summed E-state index contributed by atoms with van der Waals surface area (Å²) < 4.78 is 17.3. The lowest BCUT2D eigenvalue weighted by Gasteiger charge is -2.55. The quantitative estimate of drug-likeness (QED) is 0.0972. The summed E-state index contributed by atoms with van der Waals surface area (Å²) in [7, 11) is 14.6. The van der Waals surface area contributed by atoms with Crippen LogP contribution in [0, 0.1) is 6.92 Å². The smallest absolute Gasteiger partial charge is 0.345 e. The lowest BCUT2D eigenvalue weighted by atomic mass is 9.77. The number of piperidine rings is 4. The van der Waals surface area contributed by atoms with E-state index >= 15 is 0 Å². The number of carbonyl (C=O) groups excluding carboxylic acids is 2. The molecular weight excluding hydrogens is 891 g/mol. The topological polar surface area (TPSA) is 120 Å². The molecule has 0 N–H and O–H groups in total. The number of anilines is 2. The highest BCUT2D eigenvalue weighted by Crippen LogP contribution is 2.43. The zero-order valence-electron chi connectivity index (χ0n) is 48.9. The average molecular weight is 988 g/mol. The monoisotopic (exact) mass is 988 g/mol. The predicted molar refractivity (Wildman–Crippen MR) is 290 cm³/mol. The Morgan fingerprint density at radius 1 is 0.507 bits per heavy atom. The van der Waals surface area contributed by atoms with E-state index in [0.29, 0.717) is 49.1 Å². The summed E-state index contributed by atoms with van der Waals surface area (Å²) >= 11 is 0. The van der Waals surface area contributed by atoms with E-state index in [4.69, 9.17) is 29.2 Å². The number of benzene rings is 1. The van der Waals surface area contributed by atoms with Crippen LogP contribution in [0.15, 0.2) is 29.8 Å². The van der Waals surface area contributed by atoms with Gasteiger partial charge in [-0.1, -0.05) is 12.1 Å². The van der Waals surface area contributed by atoms with Crippen LogP contribution in [0.3, 0.4) is 0 Å². The largest absolute Gasteiger partial charge is 0.497 e. The number of aromatic nitrogens is 3. The molecule has 0 unspecified atom stereocenters. The molecule has 14 nitrogen and oxygen atoms in total. The van der Waals surface area contributed by atoms with Crippen molar-refractivity contribution in [3.05, 3.63) is 41.2 Å². The van der Waals surface area contributed by atoms with Gasteiger partial charge in [-0.2, -0.15) is 15.0 Å². The molecule has 0 bridgehead atoms. The normalized spacial score (nSPS) is 24.5. The first-order chi connectivity index (χ1) is 32.2. The van der Waals surface area contributed by atoms with Crippen molar-refractivity contribution in [1.82, 2.24) is 34.6 Å². The number of hydrogen-bond donors (Lipinski definition) is 0. The Morgan fingerprint density at radius 3 is 1.07 bits per heavy atom. The van der Waals surface area contributed by atoms with E-state index in [9.17, 15) is 9.59 Å². The van der Waals surface area contributed by atoms with E-state index in [-0.39, 0.29) is 62.1 Å². The number of methoxy groups -OCH3 is 1. The zero-order chi connectivity index (χ0) is 53.8. The SMILES string of the molecule is COc1ccc(C=C(C(=O)OC2CC(C)(C)N(C)C(C)(C)C2)C(=O)OC2CC(C)(C)N(C)C(C)(C)C2)cc1.Cc1nc(N(C)C2CC(C)(C)N(C)C(C)(C)C2)nc(N(C)C2CC(C)(C)N(C)C(C)(C)C2)n1. The van der Waals surface area contributed by atoms with Crippen LogP contribution < -0.4 is 14.5 Å². The van der Waals surface area contributed by atoms with Crippen molar-refractivity contribution in [1.29, 1.82) is 0 Å². The fourth-order valence-corrected chi connectivity index (χ4v) is 12.5. The third kappa shape index (κ3) is 13.1. The molecule has 0 saturated carbocycles. The van der Waals surface area contributed by atoms with E-state index in [1.54, 1.807) is 25.3 Å². The van der Waals surface area contributed by atoms with Crippen molar-refractivity contribution >= 4 is 29.9 Å². The molecule has 1 aromatic carbocycles. The van der Waals surface area contributed by atoms with Gasteiger partial charge >= 0.3 is 11.9 Å². The maximum atomic E-state index is 13.6. The molecule has 14 heteroatoms. The van der Waals surface area contributed by atoms with Crippen molar-refractivity contribution in [2.24, 2.45) is 0 Å². The van der Waals surface area contributed by atoms with Gasteiger partial charge in [-0.15, -0.1) is 0 Å². The summed E-state index contributed by atoms with van der Waals surface area (Å²) in [5, 5.41) is 0. The van der Waals surface area contributed by atoms with E-state index in [2.05, 4.69) is 182 Å². The first-order valence-electron chi connectivity index (χ1n) is 26.2. The molecule has 1 aromatic heterocycles. The number of nitrogens with zero attached hydrogens (tertiary/aromatic N) is 9. The van der Waals surface area contributed by atoms with Crippen LogP contribution in [0.25, 0.3) is 6.08 Å². The lowest BCUT2D eigenvalue weighted by molar-refractivity contribution is -0.162. The number of carbonyl (C=O) groups is 2. The molecule has 0 aliphatic carbocycles. The molecule has 2 aromatic rings. The highest BCUT2D eigenvalue weighted by Gasteiger charge is 2.49. The number of aryl methyl sites for hydroxylation is 1. The highest BCUT2D eigenvalue weighted by molar-refractivity contribution is 6.17. The average Bonchev–Trinajstić information content (AvgIpc) is 3.23. The molecule has 71 heavy (non-hydrogen) atoms. The first-order valence-corrected chi connectivity index (χ1v) is 26.2. The molecule has 4 fully saturated rings. The molecule has 4 saturated heterocycles. The number of hydrogen-bond acceptors (Lipinski definition) is 14. The Bertz CT molecular complexity index is 2030. The van der Waals surface area contributed by atoms with Gasteiger partial charge in [0.25, 0.3) is 0 Å². The van der Waals surface area contributed by atoms with Crippen LogP contribution in [0.4, 0.5) is 11.9 Å². The van der Waals surface area contributed by atoms with Gasteiger partial charge in [0.05, 0.1) is 7.11 Å². The second-order valence-electron chi connectivity index (χ2n) is 26.8. The number of esters is 2. The first kappa shape index (κ1) is 58.0. The second kappa shape index (κ2) is 20.5. The lowest BCUT2D eigenvalue weighted by Crippen LogP contribution is -2.62. The van der Waals surface area contributed by atoms with Gasteiger partial charge in [-0.05, 0) is 195 Å². The van der Waals surface area contributed by atoms with E-state index < -0.39 is 11.9 Å². The van der Waals surface area contributed by atoms with Gasteiger partial charge in [-0.25, -0.2) is 9.59 Å². The second-order valence-corrected chi connectivity index (χ2v) is 26.8. The third-order valence-corrected chi connectivity index (χ3v) is 18.0. The summed E-state index contributed by atoms with van der Waals surface area (Å²) in [5.41, 5.74) is 0.470. The van der Waals surface area contributed by atoms with Gasteiger partial charge in [0.1, 0.15) is 29.4 Å². The summed E-state index contributed by atoms with van der Waals surface area (Å²) in [6.07, 6.45) is 8.00. The number of likely N-dealkylation sites (tertiary alicyclic amines) is 4. The number of ether oxygens (including phenoxy) is 3. The van der Waals surface area contributed by atoms with Gasteiger partial charge in [0.15, 0.2) is 0 Å². The third-order valence-electron chi connectivity index (χ3n) is 18.0. The molecule has 4 aliphatic rings. The molecule has 0 atom stereocenters. The molecule has 0 spiro atoms. The highest BCUT2D eigenvalue weighted by atomic mass is 16.6. The fraction of sp³-hybridized carbons (Fsp3) is 0.772. The standard InChI is InChI=1S/C31H48N2O5.C26H49N7/c1-28(2)17-23(18-29(3,4)32(28)9)37-26(34)25(16-21-12-14-22(36-11)15-13-21)27(35)38-24-19-30(5,6)33(10)31(7,8)20-24;1-18-27-21(30(10)19-14-23(2,3)32(12)24(4,5)15-19)29-22(28-18)31(11)20-16-25(6,7)33(13)26(8,9)17-20/h12-16,23-24H,17-20H2,1-11H3;19-20H,14-17H2,1-13H3. The van der Waals surface area contributed by atoms with Crippen molar-refractivity contribution in [2.75, 3.05) is 59.2 Å². The van der Waals surface area contributed by atoms with Crippen molar-refractivity contribution in [3.8, 4) is 5.75 Å². The van der Waals surface area contributed by atoms with E-state index in [1.807, 2.05) is 19.1 Å². The zero-order valence-corrected chi connectivity index (χ0v) is 48.9. The van der Waals surface area contributed by atoms with Crippen LogP contribution in [-0.2, 0) is 19.1 Å². The molecule has 0 radical (unpaired) electrons. The van der Waals surface area contributed by atoms with Crippen molar-refractivity contribution < 1.29 is 23.8 Å². The Morgan fingerprint density at radius 2 is 0.789 bits per heavy atom. The van der Waals surface area contributed by atoms with Crippen molar-refractivity contribution in [3.63, 3.8) is 0 Å². The molecule has 0 amide bonds. The summed E-state index contributed by atoms with van der Waals surface area (Å²) in [4.78, 5) is 56.0.